The minimum Gasteiger partial charge on any atom is -0.464 e. The van der Waals surface area contributed by atoms with Crippen molar-refractivity contribution in [3.63, 3.8) is 0 Å². The van der Waals surface area contributed by atoms with Gasteiger partial charge in [0.25, 0.3) is 0 Å². The molecule has 1 heterocycles. The maximum absolute atomic E-state index is 13.6. The fourth-order valence-corrected chi connectivity index (χ4v) is 2.06. The van der Waals surface area contributed by atoms with Crippen molar-refractivity contribution < 1.29 is 27.9 Å². The summed E-state index contributed by atoms with van der Waals surface area (Å²) in [5.74, 6) is -6.34. The molecule has 0 radical (unpaired) electrons. The highest BCUT2D eigenvalue weighted by molar-refractivity contribution is 6.02. The Morgan fingerprint density at radius 3 is 2.62 bits per heavy atom. The van der Waals surface area contributed by atoms with E-state index in [4.69, 9.17) is 0 Å². The van der Waals surface area contributed by atoms with Crippen molar-refractivity contribution in [1.29, 1.82) is 0 Å². The molecule has 0 aromatic carbocycles. The highest BCUT2D eigenvalue weighted by Crippen LogP contribution is 2.24. The van der Waals surface area contributed by atoms with Gasteiger partial charge in [-0.1, -0.05) is 26.2 Å². The van der Waals surface area contributed by atoms with Crippen molar-refractivity contribution in [1.82, 2.24) is 5.32 Å². The Kier molecular flexibility index (Phi) is 6.71. The number of ketones is 1. The lowest BCUT2D eigenvalue weighted by molar-refractivity contribution is -0.148. The molecular weight excluding hydrogens is 284 g/mol. The number of ether oxygens (including phenoxy) is 1. The highest BCUT2D eigenvalue weighted by Gasteiger charge is 2.39. The Balaban J connectivity index is 2.36. The first-order valence-corrected chi connectivity index (χ1v) is 7.24. The molecule has 1 rings (SSSR count). The summed E-state index contributed by atoms with van der Waals surface area (Å²) in [6.07, 6.45) is 1.50. The van der Waals surface area contributed by atoms with E-state index < -0.39 is 42.5 Å². The molecule has 21 heavy (non-hydrogen) atoms. The minimum atomic E-state index is -3.48. The Hall–Kier alpha value is -1.53. The molecule has 1 N–H and O–H groups in total. The molecule has 120 valence electrons. The van der Waals surface area contributed by atoms with Crippen LogP contribution in [0.2, 0.25) is 0 Å². The van der Waals surface area contributed by atoms with Gasteiger partial charge in [0.1, 0.15) is 6.04 Å². The third-order valence-corrected chi connectivity index (χ3v) is 3.34. The van der Waals surface area contributed by atoms with E-state index in [0.717, 1.165) is 12.8 Å². The van der Waals surface area contributed by atoms with Crippen LogP contribution in [0.1, 0.15) is 51.9 Å². The van der Waals surface area contributed by atoms with Gasteiger partial charge in [0, 0.05) is 12.8 Å². The standard InChI is InChI=1S/C14H21F2NO4/c1-2-3-4-5-7-14(15,16)11(18)9-12(19)17-10-6-8-21-13(10)20/h10H,2-9H2,1H3,(H,17,19). The number of hydrogen-bond donors (Lipinski definition) is 1. The Morgan fingerprint density at radius 2 is 2.05 bits per heavy atom. The maximum Gasteiger partial charge on any atom is 0.328 e. The van der Waals surface area contributed by atoms with Crippen LogP contribution in [0.25, 0.3) is 0 Å². The number of esters is 1. The molecule has 1 aliphatic heterocycles. The molecular formula is C14H21F2NO4. The first-order chi connectivity index (χ1) is 9.86. The fourth-order valence-electron chi connectivity index (χ4n) is 2.06. The van der Waals surface area contributed by atoms with Gasteiger partial charge in [0.2, 0.25) is 11.7 Å². The topological polar surface area (TPSA) is 72.5 Å². The van der Waals surface area contributed by atoms with Crippen LogP contribution < -0.4 is 5.32 Å². The second kappa shape index (κ2) is 8.05. The highest BCUT2D eigenvalue weighted by atomic mass is 19.3. The molecule has 0 aromatic heterocycles. The summed E-state index contributed by atoms with van der Waals surface area (Å²) in [5.41, 5.74) is 0. The molecule has 0 saturated carbocycles. The number of unbranched alkanes of at least 4 members (excludes halogenated alkanes) is 3. The summed E-state index contributed by atoms with van der Waals surface area (Å²) in [6.45, 7) is 2.15. The van der Waals surface area contributed by atoms with Gasteiger partial charge in [0.05, 0.1) is 13.0 Å². The molecule has 1 atom stereocenters. The van der Waals surface area contributed by atoms with Gasteiger partial charge < -0.3 is 10.1 Å². The number of Topliss-reactive ketones (excluding diaryl/α,β-unsaturated/α-hetero) is 1. The van der Waals surface area contributed by atoms with Gasteiger partial charge in [0.15, 0.2) is 0 Å². The van der Waals surface area contributed by atoms with Crippen LogP contribution in [0.3, 0.4) is 0 Å². The number of halogens is 2. The van der Waals surface area contributed by atoms with Crippen LogP contribution in [-0.2, 0) is 19.1 Å². The van der Waals surface area contributed by atoms with E-state index in [1.807, 2.05) is 6.92 Å². The van der Waals surface area contributed by atoms with E-state index in [1.54, 1.807) is 0 Å². The summed E-state index contributed by atoms with van der Waals surface area (Å²) in [6, 6.07) is -0.830. The average molecular weight is 305 g/mol. The predicted octanol–water partition coefficient (Wildman–Crippen LogP) is 1.98. The van der Waals surface area contributed by atoms with Gasteiger partial charge in [-0.15, -0.1) is 0 Å². The summed E-state index contributed by atoms with van der Waals surface area (Å²) in [7, 11) is 0. The Morgan fingerprint density at radius 1 is 1.33 bits per heavy atom. The van der Waals surface area contributed by atoms with Crippen molar-refractivity contribution in [2.24, 2.45) is 0 Å². The van der Waals surface area contributed by atoms with E-state index in [9.17, 15) is 23.2 Å². The molecule has 7 heteroatoms. The predicted molar refractivity (Wildman–Crippen MR) is 70.8 cm³/mol. The van der Waals surface area contributed by atoms with Crippen molar-refractivity contribution in [3.8, 4) is 0 Å². The maximum atomic E-state index is 13.6. The third-order valence-electron chi connectivity index (χ3n) is 3.34. The van der Waals surface area contributed by atoms with E-state index in [1.165, 1.54) is 0 Å². The van der Waals surface area contributed by atoms with Crippen LogP contribution in [0.15, 0.2) is 0 Å². The summed E-state index contributed by atoms with van der Waals surface area (Å²) in [5, 5.41) is 2.24. The van der Waals surface area contributed by atoms with Crippen LogP contribution in [0.4, 0.5) is 8.78 Å². The number of nitrogens with one attached hydrogen (secondary N) is 1. The zero-order valence-corrected chi connectivity index (χ0v) is 12.1. The van der Waals surface area contributed by atoms with Crippen molar-refractivity contribution in [2.75, 3.05) is 6.61 Å². The number of alkyl halides is 2. The first-order valence-electron chi connectivity index (χ1n) is 7.24. The normalized spacial score (nSPS) is 18.4. The van der Waals surface area contributed by atoms with Gasteiger partial charge in [-0.2, -0.15) is 8.78 Å². The first kappa shape index (κ1) is 17.5. The summed E-state index contributed by atoms with van der Waals surface area (Å²) >= 11 is 0. The van der Waals surface area contributed by atoms with Crippen molar-refractivity contribution >= 4 is 17.7 Å². The van der Waals surface area contributed by atoms with Crippen molar-refractivity contribution in [3.05, 3.63) is 0 Å². The molecule has 0 spiro atoms. The molecule has 0 aliphatic carbocycles. The largest absolute Gasteiger partial charge is 0.464 e. The van der Waals surface area contributed by atoms with Gasteiger partial charge in [-0.3, -0.25) is 9.59 Å². The lowest BCUT2D eigenvalue weighted by atomic mass is 10.0. The lowest BCUT2D eigenvalue weighted by Crippen LogP contribution is -2.41. The van der Waals surface area contributed by atoms with Crippen LogP contribution >= 0.6 is 0 Å². The number of carbonyl (C=O) groups excluding carboxylic acids is 3. The number of hydrogen-bond acceptors (Lipinski definition) is 4. The quantitative estimate of drug-likeness (QED) is 0.402. The second-order valence-electron chi connectivity index (χ2n) is 5.19. The SMILES string of the molecule is CCCCCCC(F)(F)C(=O)CC(=O)NC1CCOC1=O. The van der Waals surface area contributed by atoms with Crippen LogP contribution in [0.5, 0.6) is 0 Å². The smallest absolute Gasteiger partial charge is 0.328 e. The summed E-state index contributed by atoms with van der Waals surface area (Å²) in [4.78, 5) is 34.1. The minimum absolute atomic E-state index is 0.186. The van der Waals surface area contributed by atoms with E-state index in [2.05, 4.69) is 10.1 Å². The van der Waals surface area contributed by atoms with Crippen LogP contribution in [0, 0.1) is 0 Å². The Bertz CT molecular complexity index is 398. The van der Waals surface area contributed by atoms with Crippen LogP contribution in [-0.4, -0.2) is 36.2 Å². The second-order valence-corrected chi connectivity index (χ2v) is 5.19. The van der Waals surface area contributed by atoms with Gasteiger partial charge in [-0.05, 0) is 6.42 Å². The monoisotopic (exact) mass is 305 g/mol. The molecule has 1 unspecified atom stereocenters. The van der Waals surface area contributed by atoms with E-state index >= 15 is 0 Å². The Labute approximate surface area is 122 Å². The van der Waals surface area contributed by atoms with Crippen molar-refractivity contribution in [2.45, 2.75) is 63.8 Å². The van der Waals surface area contributed by atoms with E-state index in [0.29, 0.717) is 12.8 Å². The zero-order valence-electron chi connectivity index (χ0n) is 12.1. The molecule has 1 fully saturated rings. The van der Waals surface area contributed by atoms with Gasteiger partial charge in [-0.25, -0.2) is 4.79 Å². The zero-order chi connectivity index (χ0) is 15.9. The number of amides is 1. The molecule has 1 saturated heterocycles. The summed E-state index contributed by atoms with van der Waals surface area (Å²) < 4.78 is 31.8. The fraction of sp³-hybridized carbons (Fsp3) is 0.786. The molecule has 1 aliphatic rings. The average Bonchev–Trinajstić information content (AvgIpc) is 2.80. The van der Waals surface area contributed by atoms with Gasteiger partial charge >= 0.3 is 11.9 Å². The lowest BCUT2D eigenvalue weighted by Gasteiger charge is -2.15. The van der Waals surface area contributed by atoms with E-state index in [-0.39, 0.29) is 13.0 Å². The number of cyclic esters (lactones) is 1. The number of rotatable bonds is 9. The number of carbonyl (C=O) groups is 3. The molecule has 0 bridgehead atoms. The third kappa shape index (κ3) is 5.77. The molecule has 0 aromatic rings. The molecule has 1 amide bonds. The molecule has 5 nitrogen and oxygen atoms in total.